The number of rotatable bonds is 5. The van der Waals surface area contributed by atoms with Gasteiger partial charge in [0.05, 0.1) is 6.17 Å². The van der Waals surface area contributed by atoms with Crippen molar-refractivity contribution in [3.63, 3.8) is 0 Å². The maximum absolute atomic E-state index is 14.3. The molecule has 144 valence electrons. The summed E-state index contributed by atoms with van der Waals surface area (Å²) in [5, 5.41) is 0. The highest BCUT2D eigenvalue weighted by Crippen LogP contribution is 2.34. The van der Waals surface area contributed by atoms with Gasteiger partial charge in [0.15, 0.2) is 0 Å². The van der Waals surface area contributed by atoms with Crippen molar-refractivity contribution < 1.29 is 4.39 Å². The molecule has 1 fully saturated rings. The van der Waals surface area contributed by atoms with E-state index in [4.69, 9.17) is 0 Å². The minimum absolute atomic E-state index is 0.122. The van der Waals surface area contributed by atoms with Crippen LogP contribution in [0.25, 0.3) is 0 Å². The van der Waals surface area contributed by atoms with Crippen LogP contribution >= 0.6 is 0 Å². The Kier molecular flexibility index (Phi) is 5.56. The fraction of sp³-hybridized carbons (Fsp3) is 0.280. The van der Waals surface area contributed by atoms with E-state index in [1.807, 2.05) is 12.1 Å². The molecule has 0 bridgehead atoms. The van der Waals surface area contributed by atoms with Gasteiger partial charge in [-0.1, -0.05) is 66.7 Å². The molecule has 0 amide bonds. The molecule has 3 heteroatoms. The van der Waals surface area contributed by atoms with Crippen molar-refractivity contribution in [3.8, 4) is 0 Å². The van der Waals surface area contributed by atoms with E-state index in [1.54, 1.807) is 12.1 Å². The number of nitrogens with zero attached hydrogens (tertiary/aromatic N) is 2. The second kappa shape index (κ2) is 8.26. The average Bonchev–Trinajstić information content (AvgIpc) is 3.08. The summed E-state index contributed by atoms with van der Waals surface area (Å²) in [6.07, 6.45) is 0.153. The maximum atomic E-state index is 14.3. The van der Waals surface area contributed by atoms with Gasteiger partial charge in [-0.3, -0.25) is 9.80 Å². The van der Waals surface area contributed by atoms with E-state index in [9.17, 15) is 4.39 Å². The number of aryl methyl sites for hydroxylation is 2. The van der Waals surface area contributed by atoms with Gasteiger partial charge < -0.3 is 0 Å². The molecule has 3 aromatic carbocycles. The van der Waals surface area contributed by atoms with Gasteiger partial charge in [-0.15, -0.1) is 0 Å². The lowest BCUT2D eigenvalue weighted by molar-refractivity contribution is 0.124. The molecule has 0 unspecified atom stereocenters. The van der Waals surface area contributed by atoms with Gasteiger partial charge in [-0.2, -0.15) is 0 Å². The van der Waals surface area contributed by atoms with Crippen molar-refractivity contribution in [1.29, 1.82) is 0 Å². The molecule has 1 aliphatic rings. The highest BCUT2D eigenvalue weighted by atomic mass is 19.1. The molecule has 0 radical (unpaired) electrons. The lowest BCUT2D eigenvalue weighted by Crippen LogP contribution is -2.31. The van der Waals surface area contributed by atoms with Crippen LogP contribution in [-0.2, 0) is 13.1 Å². The van der Waals surface area contributed by atoms with Crippen molar-refractivity contribution in [3.05, 3.63) is 106 Å². The van der Waals surface area contributed by atoms with Gasteiger partial charge in [0.1, 0.15) is 5.82 Å². The lowest BCUT2D eigenvalue weighted by atomic mass is 10.0. The summed E-state index contributed by atoms with van der Waals surface area (Å²) < 4.78 is 14.3. The molecule has 0 aromatic heterocycles. The van der Waals surface area contributed by atoms with Crippen molar-refractivity contribution in [2.24, 2.45) is 0 Å². The third kappa shape index (κ3) is 3.87. The van der Waals surface area contributed by atoms with E-state index in [0.29, 0.717) is 6.54 Å². The molecule has 28 heavy (non-hydrogen) atoms. The zero-order chi connectivity index (χ0) is 19.5. The quantitative estimate of drug-likeness (QED) is 0.585. The monoisotopic (exact) mass is 374 g/mol. The van der Waals surface area contributed by atoms with E-state index < -0.39 is 0 Å². The fourth-order valence-electron chi connectivity index (χ4n) is 4.19. The molecular weight excluding hydrogens is 347 g/mol. The second-order valence-corrected chi connectivity index (χ2v) is 7.69. The third-order valence-electron chi connectivity index (χ3n) is 5.80. The summed E-state index contributed by atoms with van der Waals surface area (Å²) in [5.41, 5.74) is 6.03. The Balaban J connectivity index is 1.66. The Hall–Kier alpha value is -2.49. The predicted octanol–water partition coefficient (Wildman–Crippen LogP) is 5.46. The van der Waals surface area contributed by atoms with E-state index in [-0.39, 0.29) is 12.0 Å². The molecule has 3 aromatic rings. The van der Waals surface area contributed by atoms with Crippen molar-refractivity contribution in [1.82, 2.24) is 9.80 Å². The molecule has 0 N–H and O–H groups in total. The van der Waals surface area contributed by atoms with E-state index in [2.05, 4.69) is 72.2 Å². The molecule has 0 spiro atoms. The zero-order valence-corrected chi connectivity index (χ0v) is 16.6. The molecule has 1 atom stereocenters. The van der Waals surface area contributed by atoms with E-state index in [0.717, 1.165) is 25.2 Å². The Morgan fingerprint density at radius 1 is 0.714 bits per heavy atom. The number of hydrogen-bond acceptors (Lipinski definition) is 2. The predicted molar refractivity (Wildman–Crippen MR) is 112 cm³/mol. The molecule has 1 saturated heterocycles. The van der Waals surface area contributed by atoms with Crippen LogP contribution in [0.5, 0.6) is 0 Å². The van der Waals surface area contributed by atoms with Gasteiger partial charge >= 0.3 is 0 Å². The van der Waals surface area contributed by atoms with Crippen molar-refractivity contribution >= 4 is 0 Å². The van der Waals surface area contributed by atoms with Crippen LogP contribution in [0.3, 0.4) is 0 Å². The minimum Gasteiger partial charge on any atom is -0.278 e. The highest BCUT2D eigenvalue weighted by Gasteiger charge is 2.34. The summed E-state index contributed by atoms with van der Waals surface area (Å²) >= 11 is 0. The number of halogens is 1. The van der Waals surface area contributed by atoms with Gasteiger partial charge in [-0.05, 0) is 42.2 Å². The molecular formula is C25H27FN2. The van der Waals surface area contributed by atoms with Gasteiger partial charge in [0.2, 0.25) is 0 Å². The van der Waals surface area contributed by atoms with Gasteiger partial charge in [0.25, 0.3) is 0 Å². The average molecular weight is 375 g/mol. The van der Waals surface area contributed by atoms with Crippen molar-refractivity contribution in [2.75, 3.05) is 13.1 Å². The third-order valence-corrected chi connectivity index (χ3v) is 5.80. The van der Waals surface area contributed by atoms with Crippen LogP contribution in [0.4, 0.5) is 4.39 Å². The normalized spacial score (nSPS) is 17.9. The first kappa shape index (κ1) is 18.9. The maximum Gasteiger partial charge on any atom is 0.127 e. The van der Waals surface area contributed by atoms with Gasteiger partial charge in [0, 0.05) is 31.7 Å². The standard InChI is InChI=1S/C25H27FN2/c1-19-9-3-5-11-21(19)17-27-15-16-28(18-22-12-6-8-14-24(22)26)25(27)23-13-7-4-10-20(23)2/h3-14,25H,15-18H2,1-2H3/t25-/m0/s1. The molecule has 0 aliphatic carbocycles. The number of hydrogen-bond donors (Lipinski definition) is 0. The van der Waals surface area contributed by atoms with Crippen LogP contribution < -0.4 is 0 Å². The SMILES string of the molecule is Cc1ccccc1CN1CCN(Cc2ccccc2F)[C@H]1c1ccccc1C. The summed E-state index contributed by atoms with van der Waals surface area (Å²) in [5.74, 6) is -0.122. The van der Waals surface area contributed by atoms with Crippen LogP contribution in [-0.4, -0.2) is 22.9 Å². The first-order chi connectivity index (χ1) is 13.6. The molecule has 1 heterocycles. The summed E-state index contributed by atoms with van der Waals surface area (Å²) in [4.78, 5) is 4.92. The van der Waals surface area contributed by atoms with Crippen LogP contribution in [0.1, 0.15) is 34.0 Å². The van der Waals surface area contributed by atoms with Crippen LogP contribution in [0.2, 0.25) is 0 Å². The van der Waals surface area contributed by atoms with Crippen LogP contribution in [0, 0.1) is 19.7 Å². The highest BCUT2D eigenvalue weighted by molar-refractivity contribution is 5.31. The Labute approximate surface area is 167 Å². The van der Waals surface area contributed by atoms with Crippen molar-refractivity contribution in [2.45, 2.75) is 33.1 Å². The Morgan fingerprint density at radius 2 is 1.25 bits per heavy atom. The first-order valence-corrected chi connectivity index (χ1v) is 9.95. The largest absolute Gasteiger partial charge is 0.278 e. The van der Waals surface area contributed by atoms with Crippen LogP contribution in [0.15, 0.2) is 72.8 Å². The Morgan fingerprint density at radius 3 is 1.89 bits per heavy atom. The van der Waals surface area contributed by atoms with E-state index in [1.165, 1.54) is 22.3 Å². The first-order valence-electron chi connectivity index (χ1n) is 9.95. The Bertz CT molecular complexity index is 897. The number of benzene rings is 3. The van der Waals surface area contributed by atoms with E-state index >= 15 is 0 Å². The minimum atomic E-state index is -0.122. The summed E-state index contributed by atoms with van der Waals surface area (Å²) in [6, 6.07) is 24.3. The zero-order valence-electron chi connectivity index (χ0n) is 16.6. The molecule has 4 rings (SSSR count). The summed E-state index contributed by atoms with van der Waals surface area (Å²) in [7, 11) is 0. The lowest BCUT2D eigenvalue weighted by Gasteiger charge is -2.32. The topological polar surface area (TPSA) is 6.48 Å². The smallest absolute Gasteiger partial charge is 0.127 e. The fourth-order valence-corrected chi connectivity index (χ4v) is 4.19. The molecule has 2 nitrogen and oxygen atoms in total. The second-order valence-electron chi connectivity index (χ2n) is 7.69. The van der Waals surface area contributed by atoms with Gasteiger partial charge in [-0.25, -0.2) is 4.39 Å². The summed E-state index contributed by atoms with van der Waals surface area (Å²) in [6.45, 7) is 7.77. The molecule has 1 aliphatic heterocycles. The molecule has 0 saturated carbocycles.